The van der Waals surface area contributed by atoms with E-state index in [0.717, 1.165) is 5.56 Å². The van der Waals surface area contributed by atoms with E-state index < -0.39 is 0 Å². The number of carbonyl (C=O) groups excluding carboxylic acids is 1. The third-order valence-corrected chi connectivity index (χ3v) is 4.17. The number of rotatable bonds is 5. The van der Waals surface area contributed by atoms with Gasteiger partial charge in [-0.05, 0) is 39.7 Å². The molecule has 2 nitrogen and oxygen atoms in total. The average molecular weight is 392 g/mol. The van der Waals surface area contributed by atoms with E-state index in [4.69, 9.17) is 27.9 Å². The maximum atomic E-state index is 12.8. The summed E-state index contributed by atoms with van der Waals surface area (Å²) in [7, 11) is 0. The van der Waals surface area contributed by atoms with Gasteiger partial charge in [-0.2, -0.15) is 0 Å². The number of carbonyl (C=O) groups is 1. The summed E-state index contributed by atoms with van der Waals surface area (Å²) in [5, 5.41) is 0.807. The van der Waals surface area contributed by atoms with E-state index in [1.807, 2.05) is 0 Å². The van der Waals surface area contributed by atoms with Crippen molar-refractivity contribution in [3.8, 4) is 5.75 Å². The molecule has 0 aliphatic carbocycles. The van der Waals surface area contributed by atoms with Crippen LogP contribution >= 0.6 is 39.1 Å². The molecule has 0 N–H and O–H groups in total. The number of Topliss-reactive ketones (excluding diaryl/α,β-unsaturated/α-hetero) is 1. The third kappa shape index (κ3) is 4.70. The Morgan fingerprint density at radius 3 is 2.48 bits per heavy atom. The van der Waals surface area contributed by atoms with Crippen LogP contribution in [-0.4, -0.2) is 12.4 Å². The molecule has 2 rings (SSSR count). The molecule has 0 saturated carbocycles. The van der Waals surface area contributed by atoms with E-state index in [-0.39, 0.29) is 24.6 Å². The highest BCUT2D eigenvalue weighted by atomic mass is 79.9. The highest BCUT2D eigenvalue weighted by Crippen LogP contribution is 2.34. The van der Waals surface area contributed by atoms with Crippen molar-refractivity contribution in [1.29, 1.82) is 0 Å². The molecule has 0 aliphatic rings. The normalized spacial score (nSPS) is 10.5. The molecule has 0 bridgehead atoms. The van der Waals surface area contributed by atoms with Crippen molar-refractivity contribution in [2.45, 2.75) is 6.42 Å². The summed E-state index contributed by atoms with van der Waals surface area (Å²) in [6, 6.07) is 8.90. The maximum Gasteiger partial charge on any atom is 0.174 e. The van der Waals surface area contributed by atoms with E-state index in [0.29, 0.717) is 20.3 Å². The predicted octanol–water partition coefficient (Wildman–Crippen LogP) is 5.09. The zero-order valence-electron chi connectivity index (χ0n) is 10.7. The molecule has 0 unspecified atom stereocenters. The van der Waals surface area contributed by atoms with Crippen molar-refractivity contribution >= 4 is 44.9 Å². The summed E-state index contributed by atoms with van der Waals surface area (Å²) < 4.78 is 18.8. The molecule has 2 aromatic rings. The quantitative estimate of drug-likeness (QED) is 0.664. The number of ketones is 1. The Hall–Kier alpha value is -1.10. The van der Waals surface area contributed by atoms with Crippen molar-refractivity contribution in [2.75, 3.05) is 6.61 Å². The number of halogens is 4. The van der Waals surface area contributed by atoms with Crippen LogP contribution in [0.4, 0.5) is 4.39 Å². The van der Waals surface area contributed by atoms with Crippen molar-refractivity contribution < 1.29 is 13.9 Å². The van der Waals surface area contributed by atoms with Crippen LogP contribution in [0.25, 0.3) is 0 Å². The Morgan fingerprint density at radius 2 is 1.81 bits per heavy atom. The smallest absolute Gasteiger partial charge is 0.174 e. The van der Waals surface area contributed by atoms with Crippen molar-refractivity contribution in [3.05, 3.63) is 62.3 Å². The second-order valence-electron chi connectivity index (χ2n) is 4.33. The summed E-state index contributed by atoms with van der Waals surface area (Å²) in [6.45, 7) is -0.130. The molecule has 21 heavy (non-hydrogen) atoms. The SMILES string of the molecule is O=C(COc1cc(Cl)c(Br)cc1Cl)Cc1ccc(F)cc1. The minimum absolute atomic E-state index is 0.130. The number of hydrogen-bond donors (Lipinski definition) is 0. The topological polar surface area (TPSA) is 26.3 Å². The summed E-state index contributed by atoms with van der Waals surface area (Å²) in [5.41, 5.74) is 0.727. The van der Waals surface area contributed by atoms with Gasteiger partial charge in [-0.25, -0.2) is 4.39 Å². The second-order valence-corrected chi connectivity index (χ2v) is 6.00. The van der Waals surface area contributed by atoms with Gasteiger partial charge in [0.05, 0.1) is 10.0 Å². The van der Waals surface area contributed by atoms with E-state index in [9.17, 15) is 9.18 Å². The first-order valence-electron chi connectivity index (χ1n) is 5.99. The van der Waals surface area contributed by atoms with E-state index in [2.05, 4.69) is 15.9 Å². The summed E-state index contributed by atoms with van der Waals surface area (Å²) >= 11 is 15.2. The Morgan fingerprint density at radius 1 is 1.14 bits per heavy atom. The Kier molecular flexibility index (Phi) is 5.62. The zero-order valence-corrected chi connectivity index (χ0v) is 13.8. The molecule has 110 valence electrons. The predicted molar refractivity (Wildman–Crippen MR) is 84.8 cm³/mol. The van der Waals surface area contributed by atoms with Gasteiger partial charge in [0.25, 0.3) is 0 Å². The first-order chi connectivity index (χ1) is 9.95. The highest BCUT2D eigenvalue weighted by Gasteiger charge is 2.10. The molecular weight excluding hydrogens is 382 g/mol. The lowest BCUT2D eigenvalue weighted by Crippen LogP contribution is -2.14. The largest absolute Gasteiger partial charge is 0.484 e. The van der Waals surface area contributed by atoms with Gasteiger partial charge in [0.2, 0.25) is 0 Å². The van der Waals surface area contributed by atoms with Crippen LogP contribution in [-0.2, 0) is 11.2 Å². The summed E-state index contributed by atoms with van der Waals surface area (Å²) in [5.74, 6) is -0.132. The van der Waals surface area contributed by atoms with E-state index in [1.54, 1.807) is 24.3 Å². The van der Waals surface area contributed by atoms with Gasteiger partial charge in [0.1, 0.15) is 18.2 Å². The van der Waals surface area contributed by atoms with Crippen LogP contribution in [0, 0.1) is 5.82 Å². The van der Waals surface area contributed by atoms with Gasteiger partial charge in [0.15, 0.2) is 5.78 Å². The van der Waals surface area contributed by atoms with E-state index >= 15 is 0 Å². The molecule has 0 amide bonds. The van der Waals surface area contributed by atoms with Gasteiger partial charge in [0, 0.05) is 17.0 Å². The van der Waals surface area contributed by atoms with Gasteiger partial charge in [-0.1, -0.05) is 35.3 Å². The maximum absolute atomic E-state index is 12.8. The van der Waals surface area contributed by atoms with Crippen LogP contribution in [0.2, 0.25) is 10.0 Å². The number of ether oxygens (including phenoxy) is 1. The van der Waals surface area contributed by atoms with E-state index in [1.165, 1.54) is 12.1 Å². The van der Waals surface area contributed by atoms with Crippen molar-refractivity contribution in [2.24, 2.45) is 0 Å². The minimum Gasteiger partial charge on any atom is -0.484 e. The minimum atomic E-state index is -0.335. The monoisotopic (exact) mass is 390 g/mol. The number of hydrogen-bond acceptors (Lipinski definition) is 2. The molecule has 0 spiro atoms. The Labute approximate surface area is 139 Å². The lowest BCUT2D eigenvalue weighted by molar-refractivity contribution is -0.120. The fourth-order valence-corrected chi connectivity index (χ4v) is 2.50. The summed E-state index contributed by atoms with van der Waals surface area (Å²) in [6.07, 6.45) is 0.169. The fraction of sp³-hybridized carbons (Fsp3) is 0.133. The molecule has 0 saturated heterocycles. The van der Waals surface area contributed by atoms with Crippen molar-refractivity contribution in [3.63, 3.8) is 0 Å². The molecule has 6 heteroatoms. The first kappa shape index (κ1) is 16.3. The van der Waals surface area contributed by atoms with Gasteiger partial charge in [-0.3, -0.25) is 4.79 Å². The Bertz CT molecular complexity index is 659. The third-order valence-electron chi connectivity index (χ3n) is 2.68. The van der Waals surface area contributed by atoms with Gasteiger partial charge in [-0.15, -0.1) is 0 Å². The van der Waals surface area contributed by atoms with Crippen LogP contribution in [0.15, 0.2) is 40.9 Å². The Balaban J connectivity index is 1.95. The molecule has 2 aromatic carbocycles. The second kappa shape index (κ2) is 7.25. The lowest BCUT2D eigenvalue weighted by Gasteiger charge is -2.09. The molecule has 0 aromatic heterocycles. The lowest BCUT2D eigenvalue weighted by atomic mass is 10.1. The molecule has 0 aliphatic heterocycles. The summed E-state index contributed by atoms with van der Waals surface area (Å²) in [4.78, 5) is 11.8. The average Bonchev–Trinajstić information content (AvgIpc) is 2.44. The fourth-order valence-electron chi connectivity index (χ4n) is 1.65. The number of benzene rings is 2. The van der Waals surface area contributed by atoms with Crippen LogP contribution < -0.4 is 4.74 Å². The zero-order chi connectivity index (χ0) is 15.4. The van der Waals surface area contributed by atoms with Crippen LogP contribution in [0.1, 0.15) is 5.56 Å². The molecule has 0 radical (unpaired) electrons. The van der Waals surface area contributed by atoms with Gasteiger partial charge >= 0.3 is 0 Å². The van der Waals surface area contributed by atoms with Crippen molar-refractivity contribution in [1.82, 2.24) is 0 Å². The van der Waals surface area contributed by atoms with Gasteiger partial charge < -0.3 is 4.74 Å². The molecule has 0 atom stereocenters. The molecule has 0 heterocycles. The standard InChI is InChI=1S/C15H10BrCl2FO2/c16-12-6-14(18)15(7-13(12)17)21-8-11(20)5-9-1-3-10(19)4-2-9/h1-4,6-7H,5,8H2. The van der Waals surface area contributed by atoms with Crippen LogP contribution in [0.5, 0.6) is 5.75 Å². The highest BCUT2D eigenvalue weighted by molar-refractivity contribution is 9.10. The van der Waals surface area contributed by atoms with Crippen LogP contribution in [0.3, 0.4) is 0 Å². The molecule has 0 fully saturated rings. The first-order valence-corrected chi connectivity index (χ1v) is 7.54. The molecular formula is C15H10BrCl2FO2.